The Balaban J connectivity index is 2.91. The van der Waals surface area contributed by atoms with Gasteiger partial charge in [-0.15, -0.1) is 0 Å². The molecule has 0 fully saturated rings. The number of anilines is 1. The van der Waals surface area contributed by atoms with E-state index < -0.39 is 16.1 Å². The van der Waals surface area contributed by atoms with Crippen molar-refractivity contribution in [3.05, 3.63) is 6.20 Å². The normalized spacial score (nSPS) is 11.6. The third-order valence-electron chi connectivity index (χ3n) is 2.14. The van der Waals surface area contributed by atoms with E-state index in [0.717, 1.165) is 6.42 Å². The molecule has 0 saturated heterocycles. The molecule has 0 saturated carbocycles. The lowest BCUT2D eigenvalue weighted by Crippen LogP contribution is -2.42. The summed E-state index contributed by atoms with van der Waals surface area (Å²) in [5, 5.41) is 6.30. The number of urea groups is 1. The predicted octanol–water partition coefficient (Wildman–Crippen LogP) is 0.272. The van der Waals surface area contributed by atoms with E-state index in [1.165, 1.54) is 10.9 Å². The molecule has 1 heterocycles. The molecule has 0 aliphatic heterocycles. The highest BCUT2D eigenvalue weighted by Crippen LogP contribution is 2.16. The van der Waals surface area contributed by atoms with Crippen molar-refractivity contribution < 1.29 is 13.2 Å². The summed E-state index contributed by atoms with van der Waals surface area (Å²) < 4.78 is 27.2. The molecule has 0 bridgehead atoms. The first-order valence-corrected chi connectivity index (χ1v) is 7.40. The molecule has 9 heteroatoms. The van der Waals surface area contributed by atoms with Crippen LogP contribution in [0.25, 0.3) is 0 Å². The number of amides is 2. The van der Waals surface area contributed by atoms with Crippen molar-refractivity contribution in [3.63, 3.8) is 0 Å². The second kappa shape index (κ2) is 5.91. The lowest BCUT2D eigenvalue weighted by Gasteiger charge is -2.09. The van der Waals surface area contributed by atoms with Gasteiger partial charge in [-0.05, 0) is 20.3 Å². The van der Waals surface area contributed by atoms with Crippen LogP contribution in [0.2, 0.25) is 0 Å². The fraction of sp³-hybridized carbons (Fsp3) is 0.600. The number of aromatic nitrogens is 2. The Morgan fingerprint density at radius 3 is 2.68 bits per heavy atom. The molecule has 1 aromatic rings. The number of carbonyl (C=O) groups is 1. The van der Waals surface area contributed by atoms with Gasteiger partial charge in [0, 0.05) is 18.8 Å². The van der Waals surface area contributed by atoms with Crippen molar-refractivity contribution in [2.24, 2.45) is 0 Å². The summed E-state index contributed by atoms with van der Waals surface area (Å²) in [6, 6.07) is -0.965. The first kappa shape index (κ1) is 15.3. The van der Waals surface area contributed by atoms with Gasteiger partial charge in [-0.3, -0.25) is 4.68 Å². The van der Waals surface area contributed by atoms with Crippen LogP contribution in [0.3, 0.4) is 0 Å². The highest BCUT2D eigenvalue weighted by Gasteiger charge is 2.23. The molecule has 0 aliphatic carbocycles. The smallest absolute Gasteiger partial charge is 0.328 e. The average molecular weight is 289 g/mol. The summed E-state index contributed by atoms with van der Waals surface area (Å²) in [5.74, 6) is -0.127. The zero-order valence-corrected chi connectivity index (χ0v) is 12.0. The fourth-order valence-corrected chi connectivity index (χ4v) is 2.43. The monoisotopic (exact) mass is 289 g/mol. The molecule has 0 spiro atoms. The van der Waals surface area contributed by atoms with Crippen LogP contribution in [0.1, 0.15) is 27.2 Å². The van der Waals surface area contributed by atoms with Gasteiger partial charge in [-0.2, -0.15) is 5.10 Å². The number of nitrogens with two attached hydrogens (primary N) is 1. The number of sulfonamides is 1. The third-order valence-corrected chi connectivity index (χ3v) is 3.49. The largest absolute Gasteiger partial charge is 0.381 e. The van der Waals surface area contributed by atoms with E-state index in [1.807, 2.05) is 11.6 Å². The van der Waals surface area contributed by atoms with E-state index in [0.29, 0.717) is 6.54 Å². The number of aryl methyl sites for hydroxylation is 1. The van der Waals surface area contributed by atoms with Gasteiger partial charge in [-0.25, -0.2) is 17.9 Å². The minimum Gasteiger partial charge on any atom is -0.381 e. The van der Waals surface area contributed by atoms with Crippen LogP contribution in [0.15, 0.2) is 11.1 Å². The maximum absolute atomic E-state index is 12.0. The Morgan fingerprint density at radius 2 is 2.16 bits per heavy atom. The first-order chi connectivity index (χ1) is 8.76. The fourth-order valence-electron chi connectivity index (χ4n) is 1.44. The first-order valence-electron chi connectivity index (χ1n) is 5.92. The molecule has 0 radical (unpaired) electrons. The predicted molar refractivity (Wildman–Crippen MR) is 70.9 cm³/mol. The van der Waals surface area contributed by atoms with E-state index in [4.69, 9.17) is 5.73 Å². The SMILES string of the molecule is CCCn1cc(S(=O)(=O)NC(=O)NC(C)C)c(N)n1. The molecule has 1 aromatic heterocycles. The number of hydrogen-bond donors (Lipinski definition) is 3. The van der Waals surface area contributed by atoms with Gasteiger partial charge >= 0.3 is 6.03 Å². The molecule has 108 valence electrons. The van der Waals surface area contributed by atoms with Crippen molar-refractivity contribution in [3.8, 4) is 0 Å². The molecule has 19 heavy (non-hydrogen) atoms. The molecule has 0 aromatic carbocycles. The van der Waals surface area contributed by atoms with Gasteiger partial charge in [0.1, 0.15) is 4.90 Å². The van der Waals surface area contributed by atoms with Crippen LogP contribution >= 0.6 is 0 Å². The van der Waals surface area contributed by atoms with Crippen LogP contribution in [0.5, 0.6) is 0 Å². The topological polar surface area (TPSA) is 119 Å². The van der Waals surface area contributed by atoms with Gasteiger partial charge in [0.25, 0.3) is 10.0 Å². The van der Waals surface area contributed by atoms with Crippen LogP contribution < -0.4 is 15.8 Å². The Labute approximate surface area is 112 Å². The number of nitrogen functional groups attached to an aromatic ring is 1. The summed E-state index contributed by atoms with van der Waals surface area (Å²) >= 11 is 0. The van der Waals surface area contributed by atoms with E-state index in [1.54, 1.807) is 13.8 Å². The standard InChI is InChI=1S/C10H19N5O3S/c1-4-5-15-6-8(9(11)13-15)19(17,18)14-10(16)12-7(2)3/h6-7H,4-5H2,1-3H3,(H2,11,13)(H2,12,14,16). The quantitative estimate of drug-likeness (QED) is 0.719. The van der Waals surface area contributed by atoms with Gasteiger partial charge in [-0.1, -0.05) is 6.92 Å². The number of nitrogens with zero attached hydrogens (tertiary/aromatic N) is 2. The summed E-state index contributed by atoms with van der Waals surface area (Å²) in [5.41, 5.74) is 5.55. The van der Waals surface area contributed by atoms with Crippen molar-refractivity contribution in [1.29, 1.82) is 0 Å². The third kappa shape index (κ3) is 4.12. The number of hydrogen-bond acceptors (Lipinski definition) is 5. The van der Waals surface area contributed by atoms with E-state index in [2.05, 4.69) is 10.4 Å². The molecular formula is C10H19N5O3S. The summed E-state index contributed by atoms with van der Waals surface area (Å²) in [6.07, 6.45) is 2.10. The molecule has 2 amide bonds. The lowest BCUT2D eigenvalue weighted by molar-refractivity contribution is 0.243. The molecule has 8 nitrogen and oxygen atoms in total. The van der Waals surface area contributed by atoms with Crippen LogP contribution in [-0.4, -0.2) is 30.3 Å². The van der Waals surface area contributed by atoms with Crippen molar-refractivity contribution in [1.82, 2.24) is 19.8 Å². The van der Waals surface area contributed by atoms with Crippen LogP contribution in [-0.2, 0) is 16.6 Å². The molecule has 4 N–H and O–H groups in total. The highest BCUT2D eigenvalue weighted by atomic mass is 32.2. The summed E-state index contributed by atoms with van der Waals surface area (Å²) in [7, 11) is -4.00. The summed E-state index contributed by atoms with van der Waals surface area (Å²) in [6.45, 7) is 5.93. The van der Waals surface area contributed by atoms with Crippen molar-refractivity contribution >= 4 is 21.9 Å². The highest BCUT2D eigenvalue weighted by molar-refractivity contribution is 7.90. The number of rotatable bonds is 5. The second-order valence-corrected chi connectivity index (χ2v) is 6.03. The number of carbonyl (C=O) groups excluding carboxylic acids is 1. The van der Waals surface area contributed by atoms with Gasteiger partial charge < -0.3 is 11.1 Å². The molecule has 1 rings (SSSR count). The minimum absolute atomic E-state index is 0.127. The molecular weight excluding hydrogens is 270 g/mol. The Morgan fingerprint density at radius 1 is 1.53 bits per heavy atom. The molecule has 0 atom stereocenters. The van der Waals surface area contributed by atoms with E-state index in [-0.39, 0.29) is 16.8 Å². The Hall–Kier alpha value is -1.77. The van der Waals surface area contributed by atoms with E-state index in [9.17, 15) is 13.2 Å². The van der Waals surface area contributed by atoms with Crippen LogP contribution in [0, 0.1) is 0 Å². The Bertz CT molecular complexity index is 550. The lowest BCUT2D eigenvalue weighted by atomic mass is 10.4. The maximum atomic E-state index is 12.0. The van der Waals surface area contributed by atoms with E-state index >= 15 is 0 Å². The minimum atomic E-state index is -4.00. The van der Waals surface area contributed by atoms with Gasteiger partial charge in [0.15, 0.2) is 5.82 Å². The Kier molecular flexibility index (Phi) is 4.76. The average Bonchev–Trinajstić information content (AvgIpc) is 2.58. The maximum Gasteiger partial charge on any atom is 0.328 e. The van der Waals surface area contributed by atoms with Crippen molar-refractivity contribution in [2.75, 3.05) is 5.73 Å². The van der Waals surface area contributed by atoms with Gasteiger partial charge in [0.2, 0.25) is 0 Å². The van der Waals surface area contributed by atoms with Gasteiger partial charge in [0.05, 0.1) is 0 Å². The molecule has 0 aliphatic rings. The van der Waals surface area contributed by atoms with Crippen LogP contribution in [0.4, 0.5) is 10.6 Å². The zero-order valence-electron chi connectivity index (χ0n) is 11.2. The summed E-state index contributed by atoms with van der Waals surface area (Å²) in [4.78, 5) is 11.2. The zero-order chi connectivity index (χ0) is 14.6. The number of nitrogens with one attached hydrogen (secondary N) is 2. The molecule has 0 unspecified atom stereocenters. The van der Waals surface area contributed by atoms with Crippen molar-refractivity contribution in [2.45, 2.75) is 44.7 Å². The second-order valence-electron chi connectivity index (χ2n) is 4.38.